The molecule has 1 aromatic heterocycles. The van der Waals surface area contributed by atoms with E-state index < -0.39 is 0 Å². The van der Waals surface area contributed by atoms with E-state index in [4.69, 9.17) is 16.0 Å². The van der Waals surface area contributed by atoms with Gasteiger partial charge in [-0.05, 0) is 61.9 Å². The molecule has 3 nitrogen and oxygen atoms in total. The average molecular weight is 326 g/mol. The zero-order valence-corrected chi connectivity index (χ0v) is 13.6. The second kappa shape index (κ2) is 6.31. The largest absolute Gasteiger partial charge is 0.451 e. The first-order valence-corrected chi connectivity index (χ1v) is 7.65. The Hall–Kier alpha value is -2.52. The van der Waals surface area contributed by atoms with Gasteiger partial charge in [0.25, 0.3) is 5.91 Å². The first-order chi connectivity index (χ1) is 11.0. The standard InChI is InChI=1S/C19H16ClNO2/c1-12-3-8-16(13(2)11-12)21-19(22)18-10-9-17(23-18)14-4-6-15(20)7-5-14/h3-11H,1-2H3,(H,21,22). The van der Waals surface area contributed by atoms with Crippen LogP contribution in [0.25, 0.3) is 11.3 Å². The third-order valence-corrected chi connectivity index (χ3v) is 3.84. The van der Waals surface area contributed by atoms with Gasteiger partial charge in [0, 0.05) is 16.3 Å². The second-order valence-corrected chi connectivity index (χ2v) is 5.88. The zero-order chi connectivity index (χ0) is 16.4. The Bertz CT molecular complexity index is 850. The number of halogens is 1. The molecule has 1 heterocycles. The van der Waals surface area contributed by atoms with Crippen LogP contribution in [-0.2, 0) is 0 Å². The number of nitrogens with one attached hydrogen (secondary N) is 1. The number of rotatable bonds is 3. The van der Waals surface area contributed by atoms with Crippen molar-refractivity contribution in [2.45, 2.75) is 13.8 Å². The van der Waals surface area contributed by atoms with Crippen LogP contribution in [0.1, 0.15) is 21.7 Å². The average Bonchev–Trinajstić information content (AvgIpc) is 3.01. The van der Waals surface area contributed by atoms with Gasteiger partial charge in [0.2, 0.25) is 0 Å². The minimum atomic E-state index is -0.267. The normalized spacial score (nSPS) is 10.6. The molecule has 0 bridgehead atoms. The molecular formula is C19H16ClNO2. The van der Waals surface area contributed by atoms with Crippen molar-refractivity contribution in [3.63, 3.8) is 0 Å². The van der Waals surface area contributed by atoms with Gasteiger partial charge in [0.05, 0.1) is 0 Å². The molecule has 3 rings (SSSR count). The number of amides is 1. The van der Waals surface area contributed by atoms with Gasteiger partial charge in [-0.25, -0.2) is 0 Å². The number of carbonyl (C=O) groups excluding carboxylic acids is 1. The molecule has 1 N–H and O–H groups in total. The van der Waals surface area contributed by atoms with E-state index in [0.717, 1.165) is 22.4 Å². The molecule has 116 valence electrons. The topological polar surface area (TPSA) is 42.2 Å². The van der Waals surface area contributed by atoms with Crippen molar-refractivity contribution in [3.05, 3.63) is 76.5 Å². The lowest BCUT2D eigenvalue weighted by molar-refractivity contribution is 0.0997. The lowest BCUT2D eigenvalue weighted by atomic mass is 10.1. The molecule has 0 radical (unpaired) electrons. The Morgan fingerprint density at radius 1 is 1.00 bits per heavy atom. The van der Waals surface area contributed by atoms with Crippen LogP contribution in [0.5, 0.6) is 0 Å². The highest BCUT2D eigenvalue weighted by Crippen LogP contribution is 2.24. The Kier molecular flexibility index (Phi) is 4.22. The summed E-state index contributed by atoms with van der Waals surface area (Å²) in [5.74, 6) is 0.638. The molecule has 0 spiro atoms. The second-order valence-electron chi connectivity index (χ2n) is 5.44. The van der Waals surface area contributed by atoms with E-state index in [0.29, 0.717) is 10.8 Å². The van der Waals surface area contributed by atoms with Gasteiger partial charge in [0.15, 0.2) is 5.76 Å². The van der Waals surface area contributed by atoms with Gasteiger partial charge in [-0.3, -0.25) is 4.79 Å². The molecule has 3 aromatic rings. The summed E-state index contributed by atoms with van der Waals surface area (Å²) in [7, 11) is 0. The Labute approximate surface area is 139 Å². The van der Waals surface area contributed by atoms with Gasteiger partial charge >= 0.3 is 0 Å². The fourth-order valence-electron chi connectivity index (χ4n) is 2.37. The van der Waals surface area contributed by atoms with Crippen LogP contribution in [0.2, 0.25) is 5.02 Å². The molecule has 1 amide bonds. The number of anilines is 1. The minimum Gasteiger partial charge on any atom is -0.451 e. The van der Waals surface area contributed by atoms with Gasteiger partial charge < -0.3 is 9.73 Å². The highest BCUT2D eigenvalue weighted by molar-refractivity contribution is 6.30. The van der Waals surface area contributed by atoms with Crippen LogP contribution in [-0.4, -0.2) is 5.91 Å². The van der Waals surface area contributed by atoms with Gasteiger partial charge in [-0.2, -0.15) is 0 Å². The van der Waals surface area contributed by atoms with E-state index >= 15 is 0 Å². The van der Waals surface area contributed by atoms with Crippen LogP contribution in [0.3, 0.4) is 0 Å². The molecule has 0 saturated heterocycles. The molecule has 0 atom stereocenters. The molecule has 0 aliphatic rings. The van der Waals surface area contributed by atoms with Crippen LogP contribution >= 0.6 is 11.6 Å². The molecule has 0 saturated carbocycles. The molecular weight excluding hydrogens is 310 g/mol. The van der Waals surface area contributed by atoms with E-state index in [-0.39, 0.29) is 11.7 Å². The third-order valence-electron chi connectivity index (χ3n) is 3.59. The SMILES string of the molecule is Cc1ccc(NC(=O)c2ccc(-c3ccc(Cl)cc3)o2)c(C)c1. The predicted molar refractivity (Wildman–Crippen MR) is 93.0 cm³/mol. The van der Waals surface area contributed by atoms with Crippen molar-refractivity contribution >= 4 is 23.2 Å². The van der Waals surface area contributed by atoms with Crippen LogP contribution in [0, 0.1) is 13.8 Å². The number of hydrogen-bond donors (Lipinski definition) is 1. The van der Waals surface area contributed by atoms with Crippen molar-refractivity contribution in [3.8, 4) is 11.3 Å². The molecule has 23 heavy (non-hydrogen) atoms. The van der Waals surface area contributed by atoms with Crippen molar-refractivity contribution in [1.82, 2.24) is 0 Å². The van der Waals surface area contributed by atoms with Crippen molar-refractivity contribution in [2.75, 3.05) is 5.32 Å². The van der Waals surface area contributed by atoms with Crippen molar-refractivity contribution in [1.29, 1.82) is 0 Å². The predicted octanol–water partition coefficient (Wildman–Crippen LogP) is 5.47. The van der Waals surface area contributed by atoms with E-state index in [1.54, 1.807) is 24.3 Å². The van der Waals surface area contributed by atoms with Crippen molar-refractivity contribution in [2.24, 2.45) is 0 Å². The number of aryl methyl sites for hydroxylation is 2. The fourth-order valence-corrected chi connectivity index (χ4v) is 2.49. The van der Waals surface area contributed by atoms with E-state index in [1.165, 1.54) is 0 Å². The van der Waals surface area contributed by atoms with E-state index in [1.807, 2.05) is 44.2 Å². The minimum absolute atomic E-state index is 0.267. The first-order valence-electron chi connectivity index (χ1n) is 7.27. The third kappa shape index (κ3) is 3.46. The number of hydrogen-bond acceptors (Lipinski definition) is 2. The van der Waals surface area contributed by atoms with Crippen LogP contribution < -0.4 is 5.32 Å². The smallest absolute Gasteiger partial charge is 0.291 e. The summed E-state index contributed by atoms with van der Waals surface area (Å²) in [4.78, 5) is 12.3. The Balaban J connectivity index is 1.79. The highest BCUT2D eigenvalue weighted by atomic mass is 35.5. The van der Waals surface area contributed by atoms with Gasteiger partial charge in [-0.15, -0.1) is 0 Å². The first kappa shape index (κ1) is 15.4. The lowest BCUT2D eigenvalue weighted by Crippen LogP contribution is -2.11. The maximum atomic E-state index is 12.3. The Morgan fingerprint density at radius 3 is 2.43 bits per heavy atom. The monoisotopic (exact) mass is 325 g/mol. The molecule has 2 aromatic carbocycles. The number of furan rings is 1. The van der Waals surface area contributed by atoms with Crippen LogP contribution in [0.4, 0.5) is 5.69 Å². The molecule has 0 aliphatic carbocycles. The quantitative estimate of drug-likeness (QED) is 0.693. The number of benzene rings is 2. The maximum absolute atomic E-state index is 12.3. The van der Waals surface area contributed by atoms with E-state index in [2.05, 4.69) is 5.32 Å². The number of carbonyl (C=O) groups is 1. The highest BCUT2D eigenvalue weighted by Gasteiger charge is 2.13. The maximum Gasteiger partial charge on any atom is 0.291 e. The molecule has 4 heteroatoms. The summed E-state index contributed by atoms with van der Waals surface area (Å²) in [5.41, 5.74) is 3.83. The Morgan fingerprint density at radius 2 is 1.74 bits per heavy atom. The summed E-state index contributed by atoms with van der Waals surface area (Å²) < 4.78 is 5.65. The van der Waals surface area contributed by atoms with Gasteiger partial charge in [0.1, 0.15) is 5.76 Å². The fraction of sp³-hybridized carbons (Fsp3) is 0.105. The zero-order valence-electron chi connectivity index (χ0n) is 12.9. The summed E-state index contributed by atoms with van der Waals surface area (Å²) >= 11 is 5.88. The van der Waals surface area contributed by atoms with Gasteiger partial charge in [-0.1, -0.05) is 29.3 Å². The van der Waals surface area contributed by atoms with Crippen molar-refractivity contribution < 1.29 is 9.21 Å². The summed E-state index contributed by atoms with van der Waals surface area (Å²) in [6, 6.07) is 16.6. The molecule has 0 aliphatic heterocycles. The summed E-state index contributed by atoms with van der Waals surface area (Å²) in [5, 5.41) is 3.53. The lowest BCUT2D eigenvalue weighted by Gasteiger charge is -2.07. The summed E-state index contributed by atoms with van der Waals surface area (Å²) in [6.45, 7) is 3.98. The molecule has 0 fully saturated rings. The summed E-state index contributed by atoms with van der Waals surface area (Å²) in [6.07, 6.45) is 0. The van der Waals surface area contributed by atoms with E-state index in [9.17, 15) is 4.79 Å². The molecule has 0 unspecified atom stereocenters. The van der Waals surface area contributed by atoms with Crippen LogP contribution in [0.15, 0.2) is 59.0 Å².